The van der Waals surface area contributed by atoms with Crippen LogP contribution in [0.1, 0.15) is 12.8 Å². The first kappa shape index (κ1) is 12.5. The van der Waals surface area contributed by atoms with Crippen LogP contribution in [0.4, 0.5) is 5.69 Å². The summed E-state index contributed by atoms with van der Waals surface area (Å²) in [7, 11) is 1.32. The summed E-state index contributed by atoms with van der Waals surface area (Å²) in [6, 6.07) is 0.213. The fraction of sp³-hybridized carbons (Fsp3) is 0.600. The predicted molar refractivity (Wildman–Crippen MR) is 61.8 cm³/mol. The quantitative estimate of drug-likeness (QED) is 0.604. The standard InChI is InChI=1S/C10H14N4O4/c1-17-9-8(14(15)16)10(13-6-12-9)18-5-7-3-2-4-11-7/h6-7,11H,2-5H2,1H3. The number of hydrogen-bond acceptors (Lipinski definition) is 7. The highest BCUT2D eigenvalue weighted by molar-refractivity contribution is 5.48. The maximum Gasteiger partial charge on any atom is 0.392 e. The molecule has 98 valence electrons. The van der Waals surface area contributed by atoms with Crippen LogP contribution in [-0.4, -0.2) is 41.2 Å². The number of nitro groups is 1. The molecule has 1 aliphatic rings. The first-order valence-electron chi connectivity index (χ1n) is 5.62. The average molecular weight is 254 g/mol. The van der Waals surface area contributed by atoms with Gasteiger partial charge in [-0.05, 0) is 19.4 Å². The molecule has 2 rings (SSSR count). The number of nitrogens with zero attached hydrogens (tertiary/aromatic N) is 3. The maximum absolute atomic E-state index is 10.9. The number of hydrogen-bond donors (Lipinski definition) is 1. The van der Waals surface area contributed by atoms with E-state index in [9.17, 15) is 10.1 Å². The molecular weight excluding hydrogens is 240 g/mol. The van der Waals surface area contributed by atoms with Crippen LogP contribution in [0.15, 0.2) is 6.33 Å². The molecule has 1 fully saturated rings. The maximum atomic E-state index is 10.9. The van der Waals surface area contributed by atoms with Gasteiger partial charge in [0.1, 0.15) is 12.9 Å². The minimum absolute atomic E-state index is 0.0550. The van der Waals surface area contributed by atoms with Crippen LogP contribution in [-0.2, 0) is 0 Å². The van der Waals surface area contributed by atoms with E-state index < -0.39 is 4.92 Å². The second-order valence-corrected chi connectivity index (χ2v) is 3.90. The van der Waals surface area contributed by atoms with Crippen molar-refractivity contribution in [2.75, 3.05) is 20.3 Å². The number of aromatic nitrogens is 2. The van der Waals surface area contributed by atoms with E-state index in [0.29, 0.717) is 6.61 Å². The largest absolute Gasteiger partial charge is 0.476 e. The van der Waals surface area contributed by atoms with E-state index in [-0.39, 0.29) is 23.5 Å². The van der Waals surface area contributed by atoms with Crippen LogP contribution in [0.2, 0.25) is 0 Å². The molecule has 0 aliphatic carbocycles. The molecule has 0 aromatic carbocycles. The number of methoxy groups -OCH3 is 1. The topological polar surface area (TPSA) is 99.4 Å². The monoisotopic (exact) mass is 254 g/mol. The van der Waals surface area contributed by atoms with Crippen molar-refractivity contribution in [3.63, 3.8) is 0 Å². The van der Waals surface area contributed by atoms with Crippen molar-refractivity contribution in [1.82, 2.24) is 15.3 Å². The van der Waals surface area contributed by atoms with Gasteiger partial charge in [-0.15, -0.1) is 0 Å². The van der Waals surface area contributed by atoms with Gasteiger partial charge in [0.05, 0.1) is 12.0 Å². The number of rotatable bonds is 5. The predicted octanol–water partition coefficient (Wildman–Crippen LogP) is 0.524. The lowest BCUT2D eigenvalue weighted by atomic mass is 10.2. The molecule has 1 unspecified atom stereocenters. The van der Waals surface area contributed by atoms with Crippen molar-refractivity contribution in [1.29, 1.82) is 0 Å². The second kappa shape index (κ2) is 5.58. The third kappa shape index (κ3) is 2.65. The molecule has 1 saturated heterocycles. The Kier molecular flexibility index (Phi) is 3.88. The lowest BCUT2D eigenvalue weighted by molar-refractivity contribution is -0.387. The molecule has 0 bridgehead atoms. The van der Waals surface area contributed by atoms with Gasteiger partial charge in [0.2, 0.25) is 0 Å². The summed E-state index contributed by atoms with van der Waals surface area (Å²) in [5, 5.41) is 14.2. The minimum atomic E-state index is -0.601. The SMILES string of the molecule is COc1ncnc(OCC2CCCN2)c1[N+](=O)[O-]. The van der Waals surface area contributed by atoms with E-state index in [1.165, 1.54) is 13.4 Å². The summed E-state index contributed by atoms with van der Waals surface area (Å²) < 4.78 is 10.2. The second-order valence-electron chi connectivity index (χ2n) is 3.90. The van der Waals surface area contributed by atoms with E-state index in [0.717, 1.165) is 19.4 Å². The van der Waals surface area contributed by atoms with Gasteiger partial charge in [0, 0.05) is 6.04 Å². The summed E-state index contributed by atoms with van der Waals surface area (Å²) in [4.78, 5) is 17.8. The van der Waals surface area contributed by atoms with Gasteiger partial charge in [-0.25, -0.2) is 0 Å². The number of nitrogens with one attached hydrogen (secondary N) is 1. The third-order valence-corrected chi connectivity index (χ3v) is 2.71. The van der Waals surface area contributed by atoms with Crippen molar-refractivity contribution in [3.8, 4) is 11.8 Å². The zero-order valence-electron chi connectivity index (χ0n) is 9.96. The molecule has 18 heavy (non-hydrogen) atoms. The zero-order valence-corrected chi connectivity index (χ0v) is 9.96. The Hall–Kier alpha value is -1.96. The van der Waals surface area contributed by atoms with Crippen LogP contribution in [0, 0.1) is 10.1 Å². The molecule has 0 saturated carbocycles. The minimum Gasteiger partial charge on any atom is -0.476 e. The van der Waals surface area contributed by atoms with Crippen LogP contribution < -0.4 is 14.8 Å². The Bertz CT molecular complexity index is 434. The summed E-state index contributed by atoms with van der Waals surface area (Å²) in [6.45, 7) is 1.30. The van der Waals surface area contributed by atoms with Gasteiger partial charge in [-0.3, -0.25) is 10.1 Å². The van der Waals surface area contributed by atoms with Crippen LogP contribution in [0.5, 0.6) is 11.8 Å². The highest BCUT2D eigenvalue weighted by Gasteiger charge is 2.26. The molecule has 8 nitrogen and oxygen atoms in total. The molecule has 0 amide bonds. The first-order valence-corrected chi connectivity index (χ1v) is 5.62. The summed E-state index contributed by atoms with van der Waals surface area (Å²) in [5.74, 6) is -0.148. The van der Waals surface area contributed by atoms with Crippen LogP contribution in [0.3, 0.4) is 0 Å². The van der Waals surface area contributed by atoms with Gasteiger partial charge in [-0.2, -0.15) is 9.97 Å². The van der Waals surface area contributed by atoms with Gasteiger partial charge in [0.25, 0.3) is 0 Å². The van der Waals surface area contributed by atoms with E-state index in [4.69, 9.17) is 9.47 Å². The summed E-state index contributed by atoms with van der Waals surface area (Å²) >= 11 is 0. The van der Waals surface area contributed by atoms with Gasteiger partial charge in [0.15, 0.2) is 0 Å². The van der Waals surface area contributed by atoms with Crippen molar-refractivity contribution >= 4 is 5.69 Å². The summed E-state index contributed by atoms with van der Waals surface area (Å²) in [6.07, 6.45) is 3.27. The molecule has 1 aliphatic heterocycles. The Morgan fingerprint density at radius 2 is 2.33 bits per heavy atom. The fourth-order valence-corrected chi connectivity index (χ4v) is 1.84. The van der Waals surface area contributed by atoms with Gasteiger partial charge in [-0.1, -0.05) is 0 Å². The highest BCUT2D eigenvalue weighted by atomic mass is 16.6. The van der Waals surface area contributed by atoms with Crippen molar-refractivity contribution in [2.24, 2.45) is 0 Å². The molecule has 1 aromatic heterocycles. The van der Waals surface area contributed by atoms with E-state index in [2.05, 4.69) is 15.3 Å². The number of ether oxygens (including phenoxy) is 2. The lowest BCUT2D eigenvalue weighted by Crippen LogP contribution is -2.28. The molecular formula is C10H14N4O4. The molecule has 1 N–H and O–H groups in total. The van der Waals surface area contributed by atoms with Gasteiger partial charge < -0.3 is 14.8 Å². The van der Waals surface area contributed by atoms with Crippen LogP contribution >= 0.6 is 0 Å². The Morgan fingerprint density at radius 3 is 2.94 bits per heavy atom. The Labute approximate surface area is 103 Å². The smallest absolute Gasteiger partial charge is 0.392 e. The summed E-state index contributed by atoms with van der Waals surface area (Å²) in [5.41, 5.74) is -0.335. The average Bonchev–Trinajstić information content (AvgIpc) is 2.88. The van der Waals surface area contributed by atoms with E-state index in [1.54, 1.807) is 0 Å². The van der Waals surface area contributed by atoms with Crippen molar-refractivity contribution in [2.45, 2.75) is 18.9 Å². The van der Waals surface area contributed by atoms with E-state index >= 15 is 0 Å². The molecule has 1 atom stereocenters. The zero-order chi connectivity index (χ0) is 13.0. The van der Waals surface area contributed by atoms with E-state index in [1.807, 2.05) is 0 Å². The third-order valence-electron chi connectivity index (χ3n) is 2.71. The normalized spacial score (nSPS) is 18.6. The van der Waals surface area contributed by atoms with Crippen LogP contribution in [0.25, 0.3) is 0 Å². The van der Waals surface area contributed by atoms with Crippen molar-refractivity contribution in [3.05, 3.63) is 16.4 Å². The van der Waals surface area contributed by atoms with Gasteiger partial charge >= 0.3 is 17.4 Å². The lowest BCUT2D eigenvalue weighted by Gasteiger charge is -2.11. The molecule has 0 radical (unpaired) electrons. The fourth-order valence-electron chi connectivity index (χ4n) is 1.84. The molecule has 0 spiro atoms. The molecule has 1 aromatic rings. The molecule has 2 heterocycles. The van der Waals surface area contributed by atoms with Crippen molar-refractivity contribution < 1.29 is 14.4 Å². The first-order chi connectivity index (χ1) is 8.72. The molecule has 8 heteroatoms. The Morgan fingerprint density at radius 1 is 1.56 bits per heavy atom. The highest BCUT2D eigenvalue weighted by Crippen LogP contribution is 2.32. The Balaban J connectivity index is 2.13.